The van der Waals surface area contributed by atoms with Crippen LogP contribution in [-0.2, 0) is 0 Å². The van der Waals surface area contributed by atoms with Crippen LogP contribution in [0.25, 0.3) is 6.08 Å². The van der Waals surface area contributed by atoms with Gasteiger partial charge in [-0.25, -0.2) is 0 Å². The number of halogens is 1. The van der Waals surface area contributed by atoms with E-state index in [0.29, 0.717) is 11.5 Å². The van der Waals surface area contributed by atoms with Crippen molar-refractivity contribution in [3.63, 3.8) is 0 Å². The normalized spacial score (nSPS) is 10.8. The summed E-state index contributed by atoms with van der Waals surface area (Å²) in [4.78, 5) is 0. The van der Waals surface area contributed by atoms with Crippen LogP contribution in [0, 0.1) is 0 Å². The highest BCUT2D eigenvalue weighted by molar-refractivity contribution is 9.10. The Hall–Kier alpha value is -0.610. The van der Waals surface area contributed by atoms with E-state index >= 15 is 0 Å². The zero-order valence-corrected chi connectivity index (χ0v) is 10.2. The Bertz CT molecular complexity index is 350. The number of methoxy groups -OCH3 is 1. The van der Waals surface area contributed by atoms with Crippen LogP contribution >= 0.6 is 28.6 Å². The minimum Gasteiger partial charge on any atom is -0.504 e. The molecule has 0 heterocycles. The van der Waals surface area contributed by atoms with Crippen molar-refractivity contribution in [2.45, 2.75) is 0 Å². The van der Waals surface area contributed by atoms with Crippen LogP contribution in [-0.4, -0.2) is 18.0 Å². The van der Waals surface area contributed by atoms with Crippen LogP contribution in [0.2, 0.25) is 0 Å². The lowest BCUT2D eigenvalue weighted by Crippen LogP contribution is -1.85. The molecule has 0 amide bonds. The van der Waals surface area contributed by atoms with Gasteiger partial charge >= 0.3 is 0 Å². The molecule has 4 heteroatoms. The number of phenols is 1. The van der Waals surface area contributed by atoms with E-state index in [1.54, 1.807) is 12.1 Å². The Morgan fingerprint density at radius 3 is 2.86 bits per heavy atom. The smallest absolute Gasteiger partial charge is 0.161 e. The van der Waals surface area contributed by atoms with E-state index < -0.39 is 0 Å². The van der Waals surface area contributed by atoms with Crippen LogP contribution in [0.4, 0.5) is 0 Å². The lowest BCUT2D eigenvalue weighted by atomic mass is 10.2. The summed E-state index contributed by atoms with van der Waals surface area (Å²) >= 11 is 7.42. The number of aromatic hydroxyl groups is 1. The summed E-state index contributed by atoms with van der Waals surface area (Å²) in [6.45, 7) is 0. The molecule has 0 unspecified atom stereocenters. The molecule has 1 N–H and O–H groups in total. The van der Waals surface area contributed by atoms with Gasteiger partial charge in [-0.05, 0) is 17.7 Å². The molecule has 0 aliphatic carbocycles. The molecule has 0 aliphatic heterocycles. The number of ether oxygens (including phenoxy) is 1. The fourth-order valence-corrected chi connectivity index (χ4v) is 1.60. The van der Waals surface area contributed by atoms with Crippen molar-refractivity contribution in [1.29, 1.82) is 0 Å². The lowest BCUT2D eigenvalue weighted by molar-refractivity contribution is 0.373. The Labute approximate surface area is 97.1 Å². The second kappa shape index (κ2) is 5.32. The zero-order chi connectivity index (χ0) is 10.6. The number of hydrogen-bond donors (Lipinski definition) is 2. The molecule has 0 spiro atoms. The molecule has 1 aromatic carbocycles. The predicted octanol–water partition coefficient (Wildman–Crippen LogP) is 3.11. The molecule has 1 aromatic rings. The van der Waals surface area contributed by atoms with E-state index in [-0.39, 0.29) is 5.75 Å². The van der Waals surface area contributed by atoms with E-state index in [4.69, 9.17) is 4.74 Å². The Kier molecular flexibility index (Phi) is 4.35. The first kappa shape index (κ1) is 11.5. The van der Waals surface area contributed by atoms with Gasteiger partial charge in [-0.15, -0.1) is 0 Å². The van der Waals surface area contributed by atoms with Gasteiger partial charge in [-0.3, -0.25) is 0 Å². The third-order valence-electron chi connectivity index (χ3n) is 1.70. The monoisotopic (exact) mass is 274 g/mol. The molecular formula is C10H11BrO2S. The van der Waals surface area contributed by atoms with Crippen LogP contribution in [0.15, 0.2) is 22.7 Å². The summed E-state index contributed by atoms with van der Waals surface area (Å²) in [5.74, 6) is 1.27. The Morgan fingerprint density at radius 1 is 1.57 bits per heavy atom. The molecule has 2 nitrogen and oxygen atoms in total. The third kappa shape index (κ3) is 2.69. The van der Waals surface area contributed by atoms with E-state index in [0.717, 1.165) is 10.0 Å². The standard InChI is InChI=1S/C10H11BrO2S/c1-13-10-5-7(3-2-4-14)8(11)6-9(10)12/h2-3,5-6,12,14H,4H2,1H3. The first-order valence-corrected chi connectivity index (χ1v) is 5.45. The highest BCUT2D eigenvalue weighted by Crippen LogP contribution is 2.32. The van der Waals surface area contributed by atoms with E-state index in [1.165, 1.54) is 7.11 Å². The largest absolute Gasteiger partial charge is 0.504 e. The van der Waals surface area contributed by atoms with Gasteiger partial charge in [0.2, 0.25) is 0 Å². The summed E-state index contributed by atoms with van der Waals surface area (Å²) in [5, 5.41) is 9.45. The molecule has 0 aliphatic rings. The fraction of sp³-hybridized carbons (Fsp3) is 0.200. The van der Waals surface area contributed by atoms with Crippen molar-refractivity contribution in [2.75, 3.05) is 12.9 Å². The Morgan fingerprint density at radius 2 is 2.29 bits per heavy atom. The zero-order valence-electron chi connectivity index (χ0n) is 7.70. The van der Waals surface area contributed by atoms with Gasteiger partial charge in [0.05, 0.1) is 7.11 Å². The molecule has 0 fully saturated rings. The van der Waals surface area contributed by atoms with E-state index in [1.807, 2.05) is 12.2 Å². The minimum absolute atomic E-state index is 0.127. The van der Waals surface area contributed by atoms with Crippen molar-refractivity contribution < 1.29 is 9.84 Å². The van der Waals surface area contributed by atoms with Crippen LogP contribution in [0.5, 0.6) is 11.5 Å². The van der Waals surface area contributed by atoms with Gasteiger partial charge in [0.15, 0.2) is 11.5 Å². The maximum Gasteiger partial charge on any atom is 0.161 e. The summed E-state index contributed by atoms with van der Waals surface area (Å²) in [5.41, 5.74) is 0.953. The SMILES string of the molecule is COc1cc(C=CCS)c(Br)cc1O. The van der Waals surface area contributed by atoms with Crippen LogP contribution < -0.4 is 4.74 Å². The van der Waals surface area contributed by atoms with Crippen LogP contribution in [0.1, 0.15) is 5.56 Å². The first-order chi connectivity index (χ1) is 6.69. The molecule has 0 radical (unpaired) electrons. The molecule has 0 bridgehead atoms. The van der Waals surface area contributed by atoms with Gasteiger partial charge in [-0.1, -0.05) is 28.1 Å². The predicted molar refractivity (Wildman–Crippen MR) is 65.2 cm³/mol. The maximum atomic E-state index is 9.45. The second-order valence-corrected chi connectivity index (χ2v) is 3.85. The number of benzene rings is 1. The molecule has 0 atom stereocenters. The quantitative estimate of drug-likeness (QED) is 0.830. The molecule has 14 heavy (non-hydrogen) atoms. The number of hydrogen-bond acceptors (Lipinski definition) is 3. The number of rotatable bonds is 3. The van der Waals surface area contributed by atoms with Gasteiger partial charge < -0.3 is 9.84 Å². The summed E-state index contributed by atoms with van der Waals surface area (Å²) in [6, 6.07) is 3.37. The average Bonchev–Trinajstić information content (AvgIpc) is 2.17. The van der Waals surface area contributed by atoms with Gasteiger partial charge in [0.25, 0.3) is 0 Å². The number of phenolic OH excluding ortho intramolecular Hbond substituents is 1. The maximum absolute atomic E-state index is 9.45. The minimum atomic E-state index is 0.127. The molecule has 0 saturated carbocycles. The van der Waals surface area contributed by atoms with Gasteiger partial charge in [0.1, 0.15) is 0 Å². The van der Waals surface area contributed by atoms with Crippen molar-refractivity contribution in [1.82, 2.24) is 0 Å². The van der Waals surface area contributed by atoms with Crippen molar-refractivity contribution in [3.05, 3.63) is 28.2 Å². The topological polar surface area (TPSA) is 29.5 Å². The summed E-state index contributed by atoms with van der Waals surface area (Å²) in [6.07, 6.45) is 3.83. The molecule has 0 saturated heterocycles. The van der Waals surface area contributed by atoms with E-state index in [2.05, 4.69) is 28.6 Å². The summed E-state index contributed by atoms with van der Waals surface area (Å²) < 4.78 is 5.82. The molecule has 1 rings (SSSR count). The highest BCUT2D eigenvalue weighted by Gasteiger charge is 2.05. The van der Waals surface area contributed by atoms with Crippen LogP contribution in [0.3, 0.4) is 0 Å². The lowest BCUT2D eigenvalue weighted by Gasteiger charge is -2.06. The fourth-order valence-electron chi connectivity index (χ4n) is 1.03. The van der Waals surface area contributed by atoms with Crippen molar-refractivity contribution >= 4 is 34.6 Å². The number of thiol groups is 1. The van der Waals surface area contributed by atoms with Crippen molar-refractivity contribution in [2.24, 2.45) is 0 Å². The average molecular weight is 275 g/mol. The molecule has 76 valence electrons. The third-order valence-corrected chi connectivity index (χ3v) is 2.60. The Balaban J connectivity index is 3.10. The van der Waals surface area contributed by atoms with Gasteiger partial charge in [-0.2, -0.15) is 12.6 Å². The van der Waals surface area contributed by atoms with Crippen molar-refractivity contribution in [3.8, 4) is 11.5 Å². The highest BCUT2D eigenvalue weighted by atomic mass is 79.9. The van der Waals surface area contributed by atoms with Gasteiger partial charge in [0, 0.05) is 10.2 Å². The first-order valence-electron chi connectivity index (χ1n) is 4.03. The summed E-state index contributed by atoms with van der Waals surface area (Å²) in [7, 11) is 1.52. The van der Waals surface area contributed by atoms with E-state index in [9.17, 15) is 5.11 Å². The molecular weight excluding hydrogens is 264 g/mol. The molecule has 0 aromatic heterocycles. The second-order valence-electron chi connectivity index (χ2n) is 2.63.